The van der Waals surface area contributed by atoms with E-state index in [1.165, 1.54) is 13.0 Å². The summed E-state index contributed by atoms with van der Waals surface area (Å²) in [6, 6.07) is 4.92. The van der Waals surface area contributed by atoms with Gasteiger partial charge in [0.2, 0.25) is 0 Å². The van der Waals surface area contributed by atoms with Gasteiger partial charge in [0.25, 0.3) is 5.91 Å². The lowest BCUT2D eigenvalue weighted by Gasteiger charge is -2.14. The molecule has 6 heteroatoms. The average molecular weight is 283 g/mol. The number of rotatable bonds is 4. The van der Waals surface area contributed by atoms with Gasteiger partial charge < -0.3 is 15.8 Å². The van der Waals surface area contributed by atoms with Gasteiger partial charge in [0, 0.05) is 6.04 Å². The number of halogens is 1. The Kier molecular flexibility index (Phi) is 3.95. The first-order chi connectivity index (χ1) is 8.99. The molecule has 1 fully saturated rings. The Morgan fingerprint density at radius 2 is 2.16 bits per heavy atom. The lowest BCUT2D eigenvalue weighted by Crippen LogP contribution is -2.37. The molecule has 0 spiro atoms. The standard InChI is InChI=1S/C13H15ClN2O3/c1-7(12(17)16-8-5-6-8)19-13(18)9-3-2-4-10(15)11(9)14/h2-4,7-8H,5-6,15H2,1H3,(H,16,17). The third-order valence-electron chi connectivity index (χ3n) is 2.83. The minimum Gasteiger partial charge on any atom is -0.449 e. The van der Waals surface area contributed by atoms with E-state index in [-0.39, 0.29) is 22.5 Å². The summed E-state index contributed by atoms with van der Waals surface area (Å²) >= 11 is 5.92. The number of carbonyl (C=O) groups excluding carboxylic acids is 2. The van der Waals surface area contributed by atoms with Gasteiger partial charge in [-0.05, 0) is 31.9 Å². The summed E-state index contributed by atoms with van der Waals surface area (Å²) in [5.41, 5.74) is 6.06. The van der Waals surface area contributed by atoms with Crippen molar-refractivity contribution in [2.75, 3.05) is 5.73 Å². The van der Waals surface area contributed by atoms with Crippen LogP contribution in [0.25, 0.3) is 0 Å². The van der Waals surface area contributed by atoms with Gasteiger partial charge in [-0.2, -0.15) is 0 Å². The molecule has 1 unspecified atom stereocenters. The van der Waals surface area contributed by atoms with Gasteiger partial charge in [-0.3, -0.25) is 4.79 Å². The SMILES string of the molecule is CC(OC(=O)c1cccc(N)c1Cl)C(=O)NC1CC1. The van der Waals surface area contributed by atoms with E-state index in [4.69, 9.17) is 22.1 Å². The zero-order chi connectivity index (χ0) is 14.0. The molecule has 3 N–H and O–H groups in total. The molecule has 0 aliphatic heterocycles. The highest BCUT2D eigenvalue weighted by Crippen LogP contribution is 2.24. The van der Waals surface area contributed by atoms with E-state index in [1.54, 1.807) is 12.1 Å². The lowest BCUT2D eigenvalue weighted by atomic mass is 10.2. The topological polar surface area (TPSA) is 81.4 Å². The Labute approximate surface area is 116 Å². The lowest BCUT2D eigenvalue weighted by molar-refractivity contribution is -0.129. The first kappa shape index (κ1) is 13.7. The molecule has 0 saturated heterocycles. The minimum absolute atomic E-state index is 0.141. The summed E-state index contributed by atoms with van der Waals surface area (Å²) in [5.74, 6) is -0.952. The number of hydrogen-bond donors (Lipinski definition) is 2. The Bertz CT molecular complexity index is 515. The quantitative estimate of drug-likeness (QED) is 0.651. The van der Waals surface area contributed by atoms with Gasteiger partial charge in [0.1, 0.15) is 0 Å². The van der Waals surface area contributed by atoms with E-state index in [1.807, 2.05) is 0 Å². The van der Waals surface area contributed by atoms with Crippen molar-refractivity contribution >= 4 is 29.2 Å². The van der Waals surface area contributed by atoms with Crippen LogP contribution in [0.5, 0.6) is 0 Å². The van der Waals surface area contributed by atoms with Gasteiger partial charge in [0.05, 0.1) is 16.3 Å². The number of anilines is 1. The van der Waals surface area contributed by atoms with Gasteiger partial charge in [-0.15, -0.1) is 0 Å². The molecule has 0 bridgehead atoms. The summed E-state index contributed by atoms with van der Waals surface area (Å²) < 4.78 is 5.07. The molecule has 5 nitrogen and oxygen atoms in total. The second-order valence-corrected chi connectivity index (χ2v) is 4.92. The maximum Gasteiger partial charge on any atom is 0.340 e. The molecule has 1 aliphatic carbocycles. The van der Waals surface area contributed by atoms with Gasteiger partial charge in [0.15, 0.2) is 6.10 Å². The van der Waals surface area contributed by atoms with Crippen LogP contribution in [-0.2, 0) is 9.53 Å². The number of ether oxygens (including phenoxy) is 1. The van der Waals surface area contributed by atoms with Crippen molar-refractivity contribution in [2.24, 2.45) is 0 Å². The molecule has 1 atom stereocenters. The maximum atomic E-state index is 11.9. The number of esters is 1. The van der Waals surface area contributed by atoms with Crippen molar-refractivity contribution < 1.29 is 14.3 Å². The Hall–Kier alpha value is -1.75. The number of benzene rings is 1. The molecule has 0 heterocycles. The highest BCUT2D eigenvalue weighted by Gasteiger charge is 2.27. The van der Waals surface area contributed by atoms with Crippen molar-refractivity contribution in [3.63, 3.8) is 0 Å². The highest BCUT2D eigenvalue weighted by atomic mass is 35.5. The summed E-state index contributed by atoms with van der Waals surface area (Å²) in [4.78, 5) is 23.6. The zero-order valence-electron chi connectivity index (χ0n) is 10.5. The van der Waals surface area contributed by atoms with Crippen LogP contribution in [0.2, 0.25) is 5.02 Å². The summed E-state index contributed by atoms with van der Waals surface area (Å²) in [6.45, 7) is 1.52. The van der Waals surface area contributed by atoms with E-state index >= 15 is 0 Å². The van der Waals surface area contributed by atoms with Crippen LogP contribution in [0.4, 0.5) is 5.69 Å². The molecule has 19 heavy (non-hydrogen) atoms. The largest absolute Gasteiger partial charge is 0.449 e. The van der Waals surface area contributed by atoms with Crippen LogP contribution in [0, 0.1) is 0 Å². The van der Waals surface area contributed by atoms with Crippen LogP contribution in [0.15, 0.2) is 18.2 Å². The highest BCUT2D eigenvalue weighted by molar-refractivity contribution is 6.36. The number of amides is 1. The molecular weight excluding hydrogens is 268 g/mol. The smallest absolute Gasteiger partial charge is 0.340 e. The monoisotopic (exact) mass is 282 g/mol. The van der Waals surface area contributed by atoms with Crippen molar-refractivity contribution in [2.45, 2.75) is 31.9 Å². The van der Waals surface area contributed by atoms with Crippen molar-refractivity contribution in [1.29, 1.82) is 0 Å². The molecular formula is C13H15ClN2O3. The summed E-state index contributed by atoms with van der Waals surface area (Å²) in [5, 5.41) is 2.90. The van der Waals surface area contributed by atoms with Crippen molar-refractivity contribution in [1.82, 2.24) is 5.32 Å². The van der Waals surface area contributed by atoms with E-state index in [9.17, 15) is 9.59 Å². The number of nitrogens with one attached hydrogen (secondary N) is 1. The third kappa shape index (κ3) is 3.38. The predicted molar refractivity (Wildman–Crippen MR) is 71.9 cm³/mol. The molecule has 0 aromatic heterocycles. The normalized spacial score (nSPS) is 15.7. The fourth-order valence-electron chi connectivity index (χ4n) is 1.53. The predicted octanol–water partition coefficient (Wildman–Crippen LogP) is 1.75. The van der Waals surface area contributed by atoms with Crippen LogP contribution in [-0.4, -0.2) is 24.0 Å². The third-order valence-corrected chi connectivity index (χ3v) is 3.25. The van der Waals surface area contributed by atoms with E-state index in [0.717, 1.165) is 12.8 Å². The molecule has 1 saturated carbocycles. The molecule has 1 aromatic carbocycles. The summed E-state index contributed by atoms with van der Waals surface area (Å²) in [7, 11) is 0. The average Bonchev–Trinajstić information content (AvgIpc) is 3.16. The molecule has 0 radical (unpaired) electrons. The second kappa shape index (κ2) is 5.48. The fraction of sp³-hybridized carbons (Fsp3) is 0.385. The van der Waals surface area contributed by atoms with Gasteiger partial charge >= 0.3 is 5.97 Å². The number of hydrogen-bond acceptors (Lipinski definition) is 4. The van der Waals surface area contributed by atoms with Crippen LogP contribution >= 0.6 is 11.6 Å². The first-order valence-electron chi connectivity index (χ1n) is 6.04. The van der Waals surface area contributed by atoms with E-state index in [0.29, 0.717) is 5.69 Å². The van der Waals surface area contributed by atoms with E-state index in [2.05, 4.69) is 5.32 Å². The second-order valence-electron chi connectivity index (χ2n) is 4.54. The Morgan fingerprint density at radius 1 is 1.47 bits per heavy atom. The first-order valence-corrected chi connectivity index (χ1v) is 6.42. The number of nitrogens with two attached hydrogens (primary N) is 1. The van der Waals surface area contributed by atoms with Crippen LogP contribution < -0.4 is 11.1 Å². The van der Waals surface area contributed by atoms with E-state index < -0.39 is 12.1 Å². The van der Waals surface area contributed by atoms with Crippen molar-refractivity contribution in [3.05, 3.63) is 28.8 Å². The molecule has 102 valence electrons. The summed E-state index contributed by atoms with van der Waals surface area (Å²) in [6.07, 6.45) is 1.10. The van der Waals surface area contributed by atoms with Gasteiger partial charge in [-0.1, -0.05) is 17.7 Å². The molecule has 1 amide bonds. The van der Waals surface area contributed by atoms with Crippen molar-refractivity contribution in [3.8, 4) is 0 Å². The maximum absolute atomic E-state index is 11.9. The number of carbonyl (C=O) groups is 2. The molecule has 2 rings (SSSR count). The van der Waals surface area contributed by atoms with Crippen LogP contribution in [0.3, 0.4) is 0 Å². The van der Waals surface area contributed by atoms with Crippen LogP contribution in [0.1, 0.15) is 30.1 Å². The zero-order valence-corrected chi connectivity index (χ0v) is 11.2. The molecule has 1 aliphatic rings. The molecule has 1 aromatic rings. The Balaban J connectivity index is 1.99. The van der Waals surface area contributed by atoms with Gasteiger partial charge in [-0.25, -0.2) is 4.79 Å². The Morgan fingerprint density at radius 3 is 2.79 bits per heavy atom. The minimum atomic E-state index is -0.856. The fourth-order valence-corrected chi connectivity index (χ4v) is 1.73. The number of nitrogen functional groups attached to an aromatic ring is 1.